The first-order valence-electron chi connectivity index (χ1n) is 8.08. The molecule has 146 valence electrons. The number of likely N-dealkylation sites (N-methyl/N-ethyl adjacent to an activating group) is 1. The van der Waals surface area contributed by atoms with Gasteiger partial charge in [-0.2, -0.15) is 0 Å². The van der Waals surface area contributed by atoms with E-state index in [1.165, 1.54) is 12.3 Å². The molecule has 1 aliphatic heterocycles. The Morgan fingerprint density at radius 1 is 1.50 bits per heavy atom. The van der Waals surface area contributed by atoms with Gasteiger partial charge >= 0.3 is 0 Å². The molecule has 2 heterocycles. The number of thioether (sulfide) groups is 1. The number of hydrogen-bond donors (Lipinski definition) is 1. The van der Waals surface area contributed by atoms with Crippen LogP contribution >= 0.6 is 23.4 Å². The largest absolute Gasteiger partial charge is 0.324 e. The molecule has 0 spiro atoms. The summed E-state index contributed by atoms with van der Waals surface area (Å²) in [5, 5.41) is 1.93. The van der Waals surface area contributed by atoms with Crippen LogP contribution in [0, 0.1) is 0 Å². The van der Waals surface area contributed by atoms with Crippen LogP contribution in [0.15, 0.2) is 17.1 Å². The van der Waals surface area contributed by atoms with Gasteiger partial charge in [0.15, 0.2) is 0 Å². The lowest BCUT2D eigenvalue weighted by molar-refractivity contribution is -0.115. The number of pyridine rings is 1. The number of aromatic nitrogens is 1. The molecular formula is C16H21ClF3N3O2S. The maximum Gasteiger partial charge on any atom is 0.256 e. The van der Waals surface area contributed by atoms with Crippen LogP contribution in [0.25, 0.3) is 0 Å². The van der Waals surface area contributed by atoms with Crippen LogP contribution in [0.5, 0.6) is 0 Å². The van der Waals surface area contributed by atoms with E-state index in [4.69, 9.17) is 11.6 Å². The van der Waals surface area contributed by atoms with Gasteiger partial charge in [-0.15, -0.1) is 23.4 Å². The van der Waals surface area contributed by atoms with Crippen molar-refractivity contribution in [2.24, 2.45) is 0 Å². The monoisotopic (exact) mass is 411 g/mol. The predicted octanol–water partition coefficient (Wildman–Crippen LogP) is 2.56. The molecule has 1 fully saturated rings. The topological polar surface area (TPSA) is 54.3 Å². The highest BCUT2D eigenvalue weighted by Crippen LogP contribution is 2.38. The summed E-state index contributed by atoms with van der Waals surface area (Å²) in [6.07, 6.45) is -2.44. The van der Waals surface area contributed by atoms with Gasteiger partial charge in [-0.1, -0.05) is 0 Å². The van der Waals surface area contributed by atoms with E-state index >= 15 is 0 Å². The van der Waals surface area contributed by atoms with Gasteiger partial charge in [0.2, 0.25) is 5.91 Å². The Hall–Kier alpha value is -1.19. The third-order valence-corrected chi connectivity index (χ3v) is 5.77. The van der Waals surface area contributed by atoms with Crippen molar-refractivity contribution in [2.75, 3.05) is 26.0 Å². The molecule has 1 aromatic heterocycles. The van der Waals surface area contributed by atoms with Crippen molar-refractivity contribution >= 4 is 35.0 Å². The first-order valence-corrected chi connectivity index (χ1v) is 9.46. The quantitative estimate of drug-likeness (QED) is 0.701. The van der Waals surface area contributed by atoms with Gasteiger partial charge in [0, 0.05) is 24.7 Å². The maximum atomic E-state index is 13.5. The normalized spacial score (nSPS) is 23.0. The molecule has 10 heteroatoms. The van der Waals surface area contributed by atoms with Crippen molar-refractivity contribution in [3.63, 3.8) is 0 Å². The van der Waals surface area contributed by atoms with Crippen molar-refractivity contribution < 1.29 is 18.0 Å². The van der Waals surface area contributed by atoms with Gasteiger partial charge < -0.3 is 14.8 Å². The number of carbonyl (C=O) groups is 1. The second-order valence-electron chi connectivity index (χ2n) is 6.37. The second kappa shape index (κ2) is 9.14. The second-order valence-corrected chi connectivity index (χ2v) is 8.45. The Bertz CT molecular complexity index is 692. The summed E-state index contributed by atoms with van der Waals surface area (Å²) >= 11 is 6.80. The summed E-state index contributed by atoms with van der Waals surface area (Å²) < 4.78 is 39.1. The van der Waals surface area contributed by atoms with E-state index in [-0.39, 0.29) is 12.1 Å². The number of carbonyl (C=O) groups excluding carboxylic acids is 1. The van der Waals surface area contributed by atoms with Crippen LogP contribution in [0.3, 0.4) is 0 Å². The lowest BCUT2D eigenvalue weighted by atomic mass is 10.1. The summed E-state index contributed by atoms with van der Waals surface area (Å²) in [7, 11) is 3.66. The molecule has 1 aromatic rings. The molecule has 1 saturated heterocycles. The van der Waals surface area contributed by atoms with Gasteiger partial charge in [0.1, 0.15) is 10.9 Å². The molecule has 2 rings (SSSR count). The highest BCUT2D eigenvalue weighted by molar-refractivity contribution is 8.02. The minimum Gasteiger partial charge on any atom is -0.324 e. The first-order chi connectivity index (χ1) is 12.2. The van der Waals surface area contributed by atoms with E-state index in [0.29, 0.717) is 18.5 Å². The first kappa shape index (κ1) is 21.1. The average molecular weight is 412 g/mol. The Morgan fingerprint density at radius 2 is 2.19 bits per heavy atom. The van der Waals surface area contributed by atoms with E-state index in [0.717, 1.165) is 16.3 Å². The number of amides is 1. The number of nitrogens with one attached hydrogen (secondary N) is 1. The molecule has 0 radical (unpaired) electrons. The molecule has 1 aliphatic rings. The highest BCUT2D eigenvalue weighted by atomic mass is 35.5. The molecule has 0 aromatic carbocycles. The van der Waals surface area contributed by atoms with Crippen LogP contribution in [-0.2, 0) is 17.8 Å². The van der Waals surface area contributed by atoms with E-state index in [1.807, 2.05) is 19.0 Å². The van der Waals surface area contributed by atoms with Crippen molar-refractivity contribution in [1.82, 2.24) is 9.47 Å². The Kier molecular flexibility index (Phi) is 7.42. The third-order valence-electron chi connectivity index (χ3n) is 3.90. The number of anilines is 1. The van der Waals surface area contributed by atoms with Crippen molar-refractivity contribution in [1.29, 1.82) is 0 Å². The number of halogens is 4. The van der Waals surface area contributed by atoms with Crippen molar-refractivity contribution in [3.05, 3.63) is 28.2 Å². The summed E-state index contributed by atoms with van der Waals surface area (Å²) in [4.78, 5) is 26.5. The molecule has 26 heavy (non-hydrogen) atoms. The number of hydrogen-bond acceptors (Lipinski definition) is 4. The van der Waals surface area contributed by atoms with Crippen molar-refractivity contribution in [3.8, 4) is 0 Å². The van der Waals surface area contributed by atoms with Crippen LogP contribution in [-0.4, -0.2) is 58.6 Å². The van der Waals surface area contributed by atoms with E-state index < -0.39 is 40.6 Å². The zero-order valence-corrected chi connectivity index (χ0v) is 16.0. The van der Waals surface area contributed by atoms with Gasteiger partial charge in [0.25, 0.3) is 12.0 Å². The molecule has 1 N–H and O–H groups in total. The molecule has 3 unspecified atom stereocenters. The van der Waals surface area contributed by atoms with Gasteiger partial charge in [-0.3, -0.25) is 9.59 Å². The van der Waals surface area contributed by atoms with E-state index in [2.05, 4.69) is 5.32 Å². The summed E-state index contributed by atoms with van der Waals surface area (Å²) in [5.41, 5.74) is 0.0536. The summed E-state index contributed by atoms with van der Waals surface area (Å²) in [6.45, 7) is -0.205. The predicted molar refractivity (Wildman–Crippen MR) is 98.1 cm³/mol. The summed E-state index contributed by atoms with van der Waals surface area (Å²) in [5.74, 6) is -0.457. The van der Waals surface area contributed by atoms with Gasteiger partial charge in [-0.05, 0) is 26.6 Å². The highest BCUT2D eigenvalue weighted by Gasteiger charge is 2.37. The van der Waals surface area contributed by atoms with Crippen LogP contribution < -0.4 is 10.9 Å². The molecule has 0 saturated carbocycles. The SMILES string of the molecule is CN(C)CCc1cc(NC(=O)C2CC(F)C(Cl)S2)cn(CC(F)F)c1=O. The number of nitrogens with zero attached hydrogens (tertiary/aromatic N) is 2. The fraction of sp³-hybridized carbons (Fsp3) is 0.625. The minimum absolute atomic E-state index is 0.00513. The third kappa shape index (κ3) is 5.65. The Labute approximate surface area is 158 Å². The standard InChI is InChI=1S/C16H21ClF3N3O2S/c1-22(2)4-3-9-5-10(7-23(16(9)25)8-13(19)20)21-15(24)12-6-11(18)14(17)26-12/h5,7,11-14H,3-4,6,8H2,1-2H3,(H,21,24). The van der Waals surface area contributed by atoms with Crippen LogP contribution in [0.4, 0.5) is 18.9 Å². The Balaban J connectivity index is 2.21. The Morgan fingerprint density at radius 3 is 2.73 bits per heavy atom. The van der Waals surface area contributed by atoms with Gasteiger partial charge in [0.05, 0.1) is 17.5 Å². The smallest absolute Gasteiger partial charge is 0.256 e. The van der Waals surface area contributed by atoms with Crippen LogP contribution in [0.2, 0.25) is 0 Å². The van der Waals surface area contributed by atoms with Gasteiger partial charge in [-0.25, -0.2) is 13.2 Å². The molecule has 5 nitrogen and oxygen atoms in total. The number of alkyl halides is 4. The maximum absolute atomic E-state index is 13.5. The lowest BCUT2D eigenvalue weighted by Crippen LogP contribution is -2.30. The van der Waals surface area contributed by atoms with Crippen molar-refractivity contribution in [2.45, 2.75) is 41.9 Å². The van der Waals surface area contributed by atoms with E-state index in [1.54, 1.807) is 0 Å². The lowest BCUT2D eigenvalue weighted by Gasteiger charge is -2.15. The van der Waals surface area contributed by atoms with E-state index in [9.17, 15) is 22.8 Å². The fourth-order valence-corrected chi connectivity index (χ4v) is 4.12. The molecule has 1 amide bonds. The zero-order valence-electron chi connectivity index (χ0n) is 14.4. The minimum atomic E-state index is -2.70. The molecular weight excluding hydrogens is 391 g/mol. The summed E-state index contributed by atoms with van der Waals surface area (Å²) in [6, 6.07) is 1.48. The average Bonchev–Trinajstić information content (AvgIpc) is 2.88. The number of rotatable bonds is 7. The van der Waals surface area contributed by atoms with Crippen LogP contribution in [0.1, 0.15) is 12.0 Å². The molecule has 0 aliphatic carbocycles. The molecule has 0 bridgehead atoms. The zero-order chi connectivity index (χ0) is 19.4. The fourth-order valence-electron chi connectivity index (χ4n) is 2.57. The molecule has 3 atom stereocenters.